The molecule has 1 amide bonds. The number of carbonyl (C=O) groups excluding carboxylic acids is 1. The van der Waals surface area contributed by atoms with E-state index in [9.17, 15) is 4.79 Å². The van der Waals surface area contributed by atoms with Crippen LogP contribution in [-0.4, -0.2) is 24.1 Å². The molecule has 0 atom stereocenters. The second-order valence-corrected chi connectivity index (χ2v) is 7.20. The van der Waals surface area contributed by atoms with E-state index in [1.807, 2.05) is 35.2 Å². The number of ether oxygens (including phenoxy) is 2. The first-order valence-electron chi connectivity index (χ1n) is 8.68. The van der Waals surface area contributed by atoms with Gasteiger partial charge in [0.2, 0.25) is 12.7 Å². The molecule has 2 aromatic heterocycles. The Bertz CT molecular complexity index is 916. The van der Waals surface area contributed by atoms with Gasteiger partial charge < -0.3 is 18.8 Å². The highest BCUT2D eigenvalue weighted by Gasteiger charge is 2.14. The lowest BCUT2D eigenvalue weighted by Gasteiger charge is -2.20. The van der Waals surface area contributed by atoms with E-state index in [1.165, 1.54) is 4.88 Å². The summed E-state index contributed by atoms with van der Waals surface area (Å²) in [7, 11) is 0. The molecule has 138 valence electrons. The molecule has 4 rings (SSSR count). The van der Waals surface area contributed by atoms with Crippen molar-refractivity contribution in [3.05, 3.63) is 76.4 Å². The molecule has 0 spiro atoms. The zero-order valence-electron chi connectivity index (χ0n) is 14.7. The molecule has 1 aromatic carbocycles. The molecule has 5 nitrogen and oxygen atoms in total. The Balaban J connectivity index is 1.45. The van der Waals surface area contributed by atoms with Crippen molar-refractivity contribution in [3.63, 3.8) is 0 Å². The second kappa shape index (κ2) is 8.14. The van der Waals surface area contributed by atoms with Crippen LogP contribution in [0.5, 0.6) is 11.5 Å². The fourth-order valence-corrected chi connectivity index (χ4v) is 3.56. The fraction of sp³-hybridized carbons (Fsp3) is 0.190. The number of amides is 1. The Morgan fingerprint density at radius 2 is 2.11 bits per heavy atom. The first kappa shape index (κ1) is 17.4. The Hall–Kier alpha value is -2.99. The molecule has 27 heavy (non-hydrogen) atoms. The third-order valence-corrected chi connectivity index (χ3v) is 5.22. The van der Waals surface area contributed by atoms with Crippen LogP contribution in [0.4, 0.5) is 0 Å². The van der Waals surface area contributed by atoms with Gasteiger partial charge in [-0.15, -0.1) is 11.3 Å². The minimum Gasteiger partial charge on any atom is -0.472 e. The molecule has 1 aliphatic rings. The maximum Gasteiger partial charge on any atom is 0.246 e. The Morgan fingerprint density at radius 1 is 1.19 bits per heavy atom. The predicted molar refractivity (Wildman–Crippen MR) is 104 cm³/mol. The second-order valence-electron chi connectivity index (χ2n) is 6.17. The summed E-state index contributed by atoms with van der Waals surface area (Å²) >= 11 is 1.71. The highest BCUT2D eigenvalue weighted by atomic mass is 32.1. The first-order chi connectivity index (χ1) is 13.3. The number of benzene rings is 1. The van der Waals surface area contributed by atoms with Gasteiger partial charge in [-0.25, -0.2) is 0 Å². The van der Waals surface area contributed by atoms with Crippen LogP contribution in [0, 0.1) is 0 Å². The Morgan fingerprint density at radius 3 is 2.93 bits per heavy atom. The maximum atomic E-state index is 12.8. The molecule has 6 heteroatoms. The van der Waals surface area contributed by atoms with Crippen LogP contribution >= 0.6 is 11.3 Å². The smallest absolute Gasteiger partial charge is 0.246 e. The standard InChI is InChI=1S/C21H19NO4S/c23-21(6-4-16-3-5-19-20(12-16)26-15-25-19)22(13-17-8-10-24-14-17)9-7-18-2-1-11-27-18/h1-6,8,10-12,14H,7,9,13,15H2/b6-4+. The lowest BCUT2D eigenvalue weighted by Crippen LogP contribution is -2.30. The highest BCUT2D eigenvalue weighted by Crippen LogP contribution is 2.32. The normalized spacial score (nSPS) is 12.6. The zero-order chi connectivity index (χ0) is 18.5. The van der Waals surface area contributed by atoms with Crippen LogP contribution in [0.1, 0.15) is 16.0 Å². The summed E-state index contributed by atoms with van der Waals surface area (Å²) < 4.78 is 15.8. The molecule has 0 radical (unpaired) electrons. The third kappa shape index (κ3) is 4.41. The van der Waals surface area contributed by atoms with Crippen LogP contribution < -0.4 is 9.47 Å². The monoisotopic (exact) mass is 381 g/mol. The maximum absolute atomic E-state index is 12.8. The van der Waals surface area contributed by atoms with Gasteiger partial charge in [-0.05, 0) is 47.7 Å². The summed E-state index contributed by atoms with van der Waals surface area (Å²) in [6, 6.07) is 11.6. The van der Waals surface area contributed by atoms with Crippen molar-refractivity contribution in [1.82, 2.24) is 4.90 Å². The van der Waals surface area contributed by atoms with Crippen LogP contribution in [0.2, 0.25) is 0 Å². The van der Waals surface area contributed by atoms with Crippen molar-refractivity contribution in [2.24, 2.45) is 0 Å². The number of fused-ring (bicyclic) bond motifs is 1. The van der Waals surface area contributed by atoms with E-state index in [-0.39, 0.29) is 12.7 Å². The molecule has 0 unspecified atom stereocenters. The van der Waals surface area contributed by atoms with E-state index in [0.29, 0.717) is 18.8 Å². The quantitative estimate of drug-likeness (QED) is 0.571. The van der Waals surface area contributed by atoms with Crippen molar-refractivity contribution in [2.75, 3.05) is 13.3 Å². The van der Waals surface area contributed by atoms with Gasteiger partial charge in [-0.3, -0.25) is 4.79 Å². The molecule has 0 fully saturated rings. The SMILES string of the molecule is O=C(/C=C/c1ccc2c(c1)OCO2)N(CCc1cccs1)Cc1ccoc1. The van der Waals surface area contributed by atoms with Gasteiger partial charge in [-0.2, -0.15) is 0 Å². The van der Waals surface area contributed by atoms with Crippen molar-refractivity contribution < 1.29 is 18.7 Å². The topological polar surface area (TPSA) is 51.9 Å². The summed E-state index contributed by atoms with van der Waals surface area (Å²) in [5.74, 6) is 1.40. The molecule has 0 N–H and O–H groups in total. The zero-order valence-corrected chi connectivity index (χ0v) is 15.5. The molecule has 3 heterocycles. The number of hydrogen-bond acceptors (Lipinski definition) is 5. The van der Waals surface area contributed by atoms with Gasteiger partial charge in [0.1, 0.15) is 0 Å². The number of thiophene rings is 1. The van der Waals surface area contributed by atoms with E-state index in [2.05, 4.69) is 11.4 Å². The molecule has 0 saturated heterocycles. The number of carbonyl (C=O) groups is 1. The average Bonchev–Trinajstić information content (AvgIpc) is 3.45. The summed E-state index contributed by atoms with van der Waals surface area (Å²) in [4.78, 5) is 15.9. The minimum atomic E-state index is -0.0366. The molecular formula is C21H19NO4S. The van der Waals surface area contributed by atoms with Gasteiger partial charge in [-0.1, -0.05) is 12.1 Å². The summed E-state index contributed by atoms with van der Waals surface area (Å²) in [5.41, 5.74) is 1.88. The summed E-state index contributed by atoms with van der Waals surface area (Å²) in [6.07, 6.45) is 7.54. The van der Waals surface area contributed by atoms with E-state index >= 15 is 0 Å². The van der Waals surface area contributed by atoms with Crippen LogP contribution in [0.3, 0.4) is 0 Å². The summed E-state index contributed by atoms with van der Waals surface area (Å²) in [6.45, 7) is 1.41. The van der Waals surface area contributed by atoms with Crippen molar-refractivity contribution in [2.45, 2.75) is 13.0 Å². The predicted octanol–water partition coefficient (Wildman–Crippen LogP) is 4.35. The summed E-state index contributed by atoms with van der Waals surface area (Å²) in [5, 5.41) is 2.05. The van der Waals surface area contributed by atoms with Crippen molar-refractivity contribution >= 4 is 23.3 Å². The number of nitrogens with zero attached hydrogens (tertiary/aromatic N) is 1. The number of rotatable bonds is 7. The van der Waals surface area contributed by atoms with Gasteiger partial charge in [0.15, 0.2) is 11.5 Å². The lowest BCUT2D eigenvalue weighted by atomic mass is 10.2. The van der Waals surface area contributed by atoms with Gasteiger partial charge in [0.25, 0.3) is 0 Å². The molecule has 0 aliphatic carbocycles. The number of furan rings is 1. The van der Waals surface area contributed by atoms with Crippen LogP contribution in [-0.2, 0) is 17.8 Å². The van der Waals surface area contributed by atoms with Crippen LogP contribution in [0.25, 0.3) is 6.08 Å². The fourth-order valence-electron chi connectivity index (χ4n) is 2.86. The Kier molecular flexibility index (Phi) is 5.25. The van der Waals surface area contributed by atoms with Gasteiger partial charge >= 0.3 is 0 Å². The average molecular weight is 381 g/mol. The largest absolute Gasteiger partial charge is 0.472 e. The molecule has 3 aromatic rings. The van der Waals surface area contributed by atoms with Gasteiger partial charge in [0, 0.05) is 29.6 Å². The lowest BCUT2D eigenvalue weighted by molar-refractivity contribution is -0.126. The third-order valence-electron chi connectivity index (χ3n) is 4.29. The molecule has 0 saturated carbocycles. The molecular weight excluding hydrogens is 362 g/mol. The van der Waals surface area contributed by atoms with Gasteiger partial charge in [0.05, 0.1) is 12.5 Å². The van der Waals surface area contributed by atoms with Crippen LogP contribution in [0.15, 0.2) is 64.8 Å². The van der Waals surface area contributed by atoms with E-state index < -0.39 is 0 Å². The first-order valence-corrected chi connectivity index (χ1v) is 9.56. The van der Waals surface area contributed by atoms with Crippen molar-refractivity contribution in [1.29, 1.82) is 0 Å². The van der Waals surface area contributed by atoms with E-state index in [4.69, 9.17) is 13.9 Å². The number of hydrogen-bond donors (Lipinski definition) is 0. The van der Waals surface area contributed by atoms with E-state index in [0.717, 1.165) is 23.3 Å². The Labute approximate surface area is 161 Å². The minimum absolute atomic E-state index is 0.0366. The molecule has 1 aliphatic heterocycles. The highest BCUT2D eigenvalue weighted by molar-refractivity contribution is 7.09. The van der Waals surface area contributed by atoms with Crippen molar-refractivity contribution in [3.8, 4) is 11.5 Å². The van der Waals surface area contributed by atoms with E-state index in [1.54, 1.807) is 36.0 Å². The molecule has 0 bridgehead atoms.